The van der Waals surface area contributed by atoms with Crippen LogP contribution in [0.15, 0.2) is 268 Å². The molecule has 0 aliphatic heterocycles. The fourth-order valence-electron chi connectivity index (χ4n) is 13.5. The smallest absolute Gasteiger partial charge is 0.241 e. The second kappa shape index (κ2) is 17.0. The molecule has 9 nitrogen and oxygen atoms in total. The van der Waals surface area contributed by atoms with Crippen LogP contribution in [0.5, 0.6) is 0 Å². The fourth-order valence-corrected chi connectivity index (χ4v) is 13.5. The zero-order valence-corrected chi connectivity index (χ0v) is 44.7. The summed E-state index contributed by atoms with van der Waals surface area (Å²) in [6, 6.07) is 89.9. The Bertz CT molecular complexity index is 5430. The van der Waals surface area contributed by atoms with Gasteiger partial charge in [0.25, 0.3) is 0 Å². The van der Waals surface area contributed by atoms with Crippen molar-refractivity contribution in [3.05, 3.63) is 255 Å². The number of nitrogens with zero attached hydrogens (tertiary/aromatic N) is 6. The van der Waals surface area contributed by atoms with Gasteiger partial charge in [0, 0.05) is 64.6 Å². The Kier molecular flexibility index (Phi) is 9.15. The van der Waals surface area contributed by atoms with Crippen LogP contribution in [0.3, 0.4) is 0 Å². The van der Waals surface area contributed by atoms with Gasteiger partial charge in [-0.15, -0.1) is 0 Å². The molecule has 0 spiro atoms. The van der Waals surface area contributed by atoms with Crippen LogP contribution in [0.1, 0.15) is 0 Å². The second-order valence-corrected chi connectivity index (χ2v) is 21.9. The number of para-hydroxylation sites is 6. The van der Waals surface area contributed by atoms with Crippen molar-refractivity contribution in [1.29, 1.82) is 0 Å². The third-order valence-corrected chi connectivity index (χ3v) is 17.4. The molecule has 0 radical (unpaired) electrons. The molecular weight excluding hydrogens is 1030 g/mol. The number of hydrogen-bond donors (Lipinski definition) is 0. The minimum atomic E-state index is 0.487. The highest BCUT2D eigenvalue weighted by molar-refractivity contribution is 6.15. The van der Waals surface area contributed by atoms with Gasteiger partial charge in [0.15, 0.2) is 0 Å². The highest BCUT2D eigenvalue weighted by Gasteiger charge is 2.24. The van der Waals surface area contributed by atoms with Crippen molar-refractivity contribution < 1.29 is 13.3 Å². The van der Waals surface area contributed by atoms with Gasteiger partial charge >= 0.3 is 0 Å². The summed E-state index contributed by atoms with van der Waals surface area (Å²) in [5.74, 6) is 1.46. The van der Waals surface area contributed by atoms with Gasteiger partial charge in [-0.1, -0.05) is 146 Å². The Hall–Kier alpha value is -11.6. The monoisotopic (exact) mass is 1070 g/mol. The summed E-state index contributed by atoms with van der Waals surface area (Å²) in [6.07, 6.45) is 0. The maximum atomic E-state index is 6.39. The molecule has 0 bridgehead atoms. The van der Waals surface area contributed by atoms with E-state index in [0.717, 1.165) is 165 Å². The van der Waals surface area contributed by atoms with Crippen molar-refractivity contribution in [3.8, 4) is 51.2 Å². The van der Waals surface area contributed by atoms with Crippen LogP contribution < -0.4 is 0 Å². The first-order chi connectivity index (χ1) is 41.6. The van der Waals surface area contributed by atoms with E-state index in [2.05, 4.69) is 232 Å². The van der Waals surface area contributed by atoms with Crippen molar-refractivity contribution in [3.63, 3.8) is 0 Å². The van der Waals surface area contributed by atoms with E-state index in [4.69, 9.17) is 28.2 Å². The molecule has 390 valence electrons. The highest BCUT2D eigenvalue weighted by atomic mass is 16.3. The van der Waals surface area contributed by atoms with E-state index >= 15 is 0 Å². The average molecular weight is 1080 g/mol. The van der Waals surface area contributed by atoms with E-state index in [1.165, 1.54) is 0 Å². The standard InChI is InChI=1S/C75H42N6O3/c1-7-19-61-49(13-1)58-37-43(46-25-31-55-52-16-4-10-22-67(52)82-70(55)40-46)28-34-64(58)79(61)73-76-74(80-62-20-8-2-14-50(62)59-38-44(29-35-65(59)80)47-26-32-56-53-17-5-11-23-68(53)83-71(56)41-47)78-75(77-73)81-63-21-9-3-15-51(63)60-39-45(30-36-66(60)81)48-27-33-57-54-18-6-12-24-69(54)84-72(57)42-48/h1-42H. The first-order valence-electron chi connectivity index (χ1n) is 28.2. The lowest BCUT2D eigenvalue weighted by atomic mass is 10.0. The van der Waals surface area contributed by atoms with Gasteiger partial charge in [0.05, 0.1) is 33.1 Å². The molecule has 9 heteroatoms. The van der Waals surface area contributed by atoms with Crippen LogP contribution in [-0.4, -0.2) is 28.7 Å². The summed E-state index contributed by atoms with van der Waals surface area (Å²) < 4.78 is 25.8. The third kappa shape index (κ3) is 6.51. The second-order valence-electron chi connectivity index (χ2n) is 21.9. The molecule has 0 saturated heterocycles. The number of aromatic nitrogens is 6. The summed E-state index contributed by atoms with van der Waals surface area (Å²) in [5, 5.41) is 13.1. The number of fused-ring (bicyclic) bond motifs is 18. The summed E-state index contributed by atoms with van der Waals surface area (Å²) in [4.78, 5) is 16.8. The maximum Gasteiger partial charge on any atom is 0.241 e. The normalized spacial score (nSPS) is 12.3. The predicted molar refractivity (Wildman–Crippen MR) is 341 cm³/mol. The third-order valence-electron chi connectivity index (χ3n) is 17.4. The Morgan fingerprint density at radius 1 is 0.190 bits per heavy atom. The molecule has 0 unspecified atom stereocenters. The molecule has 0 fully saturated rings. The molecule has 84 heavy (non-hydrogen) atoms. The lowest BCUT2D eigenvalue weighted by Gasteiger charge is -2.14. The number of furan rings is 3. The quantitative estimate of drug-likeness (QED) is 0.165. The van der Waals surface area contributed by atoms with Crippen LogP contribution in [0.2, 0.25) is 0 Å². The van der Waals surface area contributed by atoms with Gasteiger partial charge in [-0.2, -0.15) is 15.0 Å². The molecule has 0 amide bonds. The van der Waals surface area contributed by atoms with Gasteiger partial charge < -0.3 is 13.3 Å². The van der Waals surface area contributed by atoms with E-state index in [0.29, 0.717) is 17.8 Å². The van der Waals surface area contributed by atoms with Gasteiger partial charge in [-0.05, 0) is 143 Å². The molecule has 0 atom stereocenters. The summed E-state index contributed by atoms with van der Waals surface area (Å²) in [6.45, 7) is 0. The van der Waals surface area contributed by atoms with Crippen LogP contribution in [-0.2, 0) is 0 Å². The van der Waals surface area contributed by atoms with Crippen LogP contribution in [0.25, 0.3) is 182 Å². The molecule has 0 saturated carbocycles. The van der Waals surface area contributed by atoms with Crippen LogP contribution in [0, 0.1) is 0 Å². The van der Waals surface area contributed by atoms with Crippen molar-refractivity contribution in [1.82, 2.24) is 28.7 Å². The van der Waals surface area contributed by atoms with E-state index in [9.17, 15) is 0 Å². The molecule has 7 heterocycles. The predicted octanol–water partition coefficient (Wildman–Crippen LogP) is 19.9. The van der Waals surface area contributed by atoms with Crippen LogP contribution in [0.4, 0.5) is 0 Å². The highest BCUT2D eigenvalue weighted by Crippen LogP contribution is 2.42. The molecule has 12 aromatic carbocycles. The maximum absolute atomic E-state index is 6.39. The SMILES string of the molecule is c1ccc2c(c1)oc1cc(-c3ccc4c(c3)c3ccccc3n4-c3nc(-n4c5ccccc5c5cc(-c6ccc7c(c6)oc6ccccc67)ccc54)nc(-n4c5ccccc5c5cc(-c6ccc7c(c6)oc6ccccc67)ccc54)n3)ccc12. The van der Waals surface area contributed by atoms with Crippen molar-refractivity contribution in [2.24, 2.45) is 0 Å². The van der Waals surface area contributed by atoms with Crippen LogP contribution >= 0.6 is 0 Å². The largest absolute Gasteiger partial charge is 0.456 e. The van der Waals surface area contributed by atoms with Gasteiger partial charge in [0.1, 0.15) is 33.5 Å². The minimum absolute atomic E-state index is 0.487. The average Bonchev–Trinajstić information content (AvgIpc) is 2.33. The molecule has 19 aromatic rings. The molecule has 0 aliphatic carbocycles. The van der Waals surface area contributed by atoms with Crippen molar-refractivity contribution in [2.75, 3.05) is 0 Å². The molecular formula is C75H42N6O3. The number of benzene rings is 12. The Labute approximate surface area is 476 Å². The topological polar surface area (TPSA) is 92.9 Å². The molecule has 19 rings (SSSR count). The minimum Gasteiger partial charge on any atom is -0.456 e. The van der Waals surface area contributed by atoms with Gasteiger partial charge in [0.2, 0.25) is 17.8 Å². The lowest BCUT2D eigenvalue weighted by Crippen LogP contribution is -2.13. The van der Waals surface area contributed by atoms with Gasteiger partial charge in [-0.25, -0.2) is 0 Å². The Morgan fingerprint density at radius 2 is 0.429 bits per heavy atom. The summed E-state index contributed by atoms with van der Waals surface area (Å²) in [7, 11) is 0. The van der Waals surface area contributed by atoms with E-state index in [1.54, 1.807) is 0 Å². The molecule has 0 N–H and O–H groups in total. The van der Waals surface area contributed by atoms with E-state index in [1.807, 2.05) is 36.4 Å². The van der Waals surface area contributed by atoms with Crippen molar-refractivity contribution >= 4 is 131 Å². The van der Waals surface area contributed by atoms with Crippen molar-refractivity contribution in [2.45, 2.75) is 0 Å². The molecule has 7 aromatic heterocycles. The summed E-state index contributed by atoms with van der Waals surface area (Å²) >= 11 is 0. The van der Waals surface area contributed by atoms with E-state index in [-0.39, 0.29) is 0 Å². The Balaban J connectivity index is 0.834. The number of hydrogen-bond acceptors (Lipinski definition) is 6. The first-order valence-corrected chi connectivity index (χ1v) is 28.2. The summed E-state index contributed by atoms with van der Waals surface area (Å²) in [5.41, 5.74) is 17.5. The van der Waals surface area contributed by atoms with E-state index < -0.39 is 0 Å². The number of rotatable bonds is 6. The van der Waals surface area contributed by atoms with Gasteiger partial charge in [-0.3, -0.25) is 13.7 Å². The molecule has 0 aliphatic rings. The Morgan fingerprint density at radius 3 is 0.750 bits per heavy atom. The zero-order chi connectivity index (χ0) is 54.7. The first kappa shape index (κ1) is 45.2. The lowest BCUT2D eigenvalue weighted by molar-refractivity contribution is 0.668. The fraction of sp³-hybridized carbons (Fsp3) is 0. The zero-order valence-electron chi connectivity index (χ0n) is 44.7.